The summed E-state index contributed by atoms with van der Waals surface area (Å²) in [5.74, 6) is 0.198. The third kappa shape index (κ3) is 2.66. The van der Waals surface area contributed by atoms with Gasteiger partial charge in [0, 0.05) is 31.0 Å². The predicted octanol–water partition coefficient (Wildman–Crippen LogP) is 0.742. The van der Waals surface area contributed by atoms with Crippen molar-refractivity contribution in [3.63, 3.8) is 0 Å². The summed E-state index contributed by atoms with van der Waals surface area (Å²) in [6.45, 7) is 0.820. The van der Waals surface area contributed by atoms with E-state index < -0.39 is 11.3 Å². The summed E-state index contributed by atoms with van der Waals surface area (Å²) < 4.78 is 0. The van der Waals surface area contributed by atoms with E-state index in [0.717, 1.165) is 17.0 Å². The molecule has 0 aliphatic carbocycles. The molecule has 3 rings (SSSR count). The molecule has 1 spiro atoms. The van der Waals surface area contributed by atoms with E-state index in [1.165, 1.54) is 4.90 Å². The molecule has 0 bridgehead atoms. The molecule has 2 N–H and O–H groups in total. The number of likely N-dealkylation sites (tertiary alicyclic amines) is 1. The van der Waals surface area contributed by atoms with Gasteiger partial charge in [-0.2, -0.15) is 11.8 Å². The molecule has 1 aromatic rings. The predicted molar refractivity (Wildman–Crippen MR) is 93.9 cm³/mol. The number of thioether (sulfide) groups is 1. The molecule has 0 saturated carbocycles. The molecule has 2 aliphatic rings. The van der Waals surface area contributed by atoms with Crippen molar-refractivity contribution in [3.05, 3.63) is 29.8 Å². The summed E-state index contributed by atoms with van der Waals surface area (Å²) in [5, 5.41) is 0. The molecule has 7 heteroatoms. The molecule has 0 aromatic heterocycles. The normalized spacial score (nSPS) is 22.3. The Hall–Kier alpha value is -2.02. The summed E-state index contributed by atoms with van der Waals surface area (Å²) in [7, 11) is 0. The average Bonchev–Trinajstić information content (AvgIpc) is 3.11. The lowest BCUT2D eigenvalue weighted by molar-refractivity contribution is -0.130. The van der Waals surface area contributed by atoms with Crippen LogP contribution in [0.25, 0.3) is 0 Å². The van der Waals surface area contributed by atoms with Gasteiger partial charge in [0.15, 0.2) is 0 Å². The van der Waals surface area contributed by atoms with Gasteiger partial charge in [-0.05, 0) is 24.3 Å². The highest BCUT2D eigenvalue weighted by molar-refractivity contribution is 7.98. The first-order valence-corrected chi connectivity index (χ1v) is 9.35. The quantitative estimate of drug-likeness (QED) is 0.852. The van der Waals surface area contributed by atoms with Crippen LogP contribution in [-0.4, -0.2) is 54.3 Å². The van der Waals surface area contributed by atoms with Crippen molar-refractivity contribution in [1.82, 2.24) is 4.90 Å². The first-order chi connectivity index (χ1) is 11.5. The Morgan fingerprint density at radius 3 is 2.79 bits per heavy atom. The Balaban J connectivity index is 1.90. The number of para-hydroxylation sites is 1. The molecule has 1 aromatic carbocycles. The van der Waals surface area contributed by atoms with Crippen molar-refractivity contribution in [3.8, 4) is 0 Å². The molecule has 24 heavy (non-hydrogen) atoms. The number of hydrogen-bond acceptors (Lipinski definition) is 4. The van der Waals surface area contributed by atoms with Gasteiger partial charge in [0.05, 0.1) is 5.41 Å². The first kappa shape index (κ1) is 16.8. The minimum Gasteiger partial charge on any atom is -0.368 e. The van der Waals surface area contributed by atoms with E-state index in [-0.39, 0.29) is 18.4 Å². The zero-order valence-electron chi connectivity index (χ0n) is 13.7. The molecule has 1 atom stereocenters. The van der Waals surface area contributed by atoms with Crippen LogP contribution in [0.15, 0.2) is 24.3 Å². The number of hydrogen-bond donors (Lipinski definition) is 1. The van der Waals surface area contributed by atoms with Crippen LogP contribution < -0.4 is 10.6 Å². The molecule has 2 heterocycles. The number of nitrogens with two attached hydrogens (primary N) is 1. The summed E-state index contributed by atoms with van der Waals surface area (Å²) in [5.41, 5.74) is 6.21. The largest absolute Gasteiger partial charge is 0.368 e. The Labute approximate surface area is 145 Å². The van der Waals surface area contributed by atoms with Gasteiger partial charge in [-0.1, -0.05) is 18.2 Å². The molecule has 0 unspecified atom stereocenters. The lowest BCUT2D eigenvalue weighted by atomic mass is 9.81. The number of carbonyl (C=O) groups excluding carboxylic acids is 3. The van der Waals surface area contributed by atoms with Gasteiger partial charge in [-0.15, -0.1) is 0 Å². The second-order valence-electron chi connectivity index (χ2n) is 6.26. The minimum absolute atomic E-state index is 0.0832. The Kier molecular flexibility index (Phi) is 4.54. The van der Waals surface area contributed by atoms with Crippen LogP contribution in [0.5, 0.6) is 0 Å². The smallest absolute Gasteiger partial charge is 0.240 e. The number of anilines is 1. The van der Waals surface area contributed by atoms with Gasteiger partial charge >= 0.3 is 0 Å². The van der Waals surface area contributed by atoms with Crippen LogP contribution in [-0.2, 0) is 19.8 Å². The third-order valence-electron chi connectivity index (χ3n) is 4.82. The van der Waals surface area contributed by atoms with E-state index in [2.05, 4.69) is 0 Å². The number of nitrogens with zero attached hydrogens (tertiary/aromatic N) is 2. The van der Waals surface area contributed by atoms with Crippen LogP contribution in [0, 0.1) is 0 Å². The lowest BCUT2D eigenvalue weighted by Gasteiger charge is -2.24. The van der Waals surface area contributed by atoms with Gasteiger partial charge in [0.25, 0.3) is 0 Å². The second kappa shape index (κ2) is 6.47. The molecular weight excluding hydrogens is 326 g/mol. The van der Waals surface area contributed by atoms with Crippen molar-refractivity contribution in [2.24, 2.45) is 5.73 Å². The zero-order valence-corrected chi connectivity index (χ0v) is 14.5. The van der Waals surface area contributed by atoms with E-state index in [1.54, 1.807) is 16.7 Å². The topological polar surface area (TPSA) is 83.7 Å². The number of amides is 3. The number of fused-ring (bicyclic) bond motifs is 2. The maximum Gasteiger partial charge on any atom is 0.240 e. The molecule has 6 nitrogen and oxygen atoms in total. The van der Waals surface area contributed by atoms with E-state index in [9.17, 15) is 14.4 Å². The van der Waals surface area contributed by atoms with Gasteiger partial charge < -0.3 is 15.5 Å². The molecule has 0 radical (unpaired) electrons. The highest BCUT2D eigenvalue weighted by atomic mass is 32.2. The van der Waals surface area contributed by atoms with E-state index >= 15 is 0 Å². The van der Waals surface area contributed by atoms with Gasteiger partial charge in [-0.25, -0.2) is 0 Å². The number of carbonyl (C=O) groups is 3. The van der Waals surface area contributed by atoms with Crippen LogP contribution in [0.1, 0.15) is 18.4 Å². The Morgan fingerprint density at radius 2 is 2.08 bits per heavy atom. The number of benzene rings is 1. The molecule has 1 saturated heterocycles. The lowest BCUT2D eigenvalue weighted by Crippen LogP contribution is -2.45. The van der Waals surface area contributed by atoms with Gasteiger partial charge in [-0.3, -0.25) is 14.4 Å². The van der Waals surface area contributed by atoms with E-state index in [0.29, 0.717) is 25.9 Å². The molecule has 128 valence electrons. The van der Waals surface area contributed by atoms with Gasteiger partial charge in [0.1, 0.15) is 6.54 Å². The Morgan fingerprint density at radius 1 is 1.33 bits per heavy atom. The maximum absolute atomic E-state index is 13.1. The average molecular weight is 347 g/mol. The first-order valence-electron chi connectivity index (χ1n) is 7.96. The molecule has 3 amide bonds. The Bertz CT molecular complexity index is 693. The molecular formula is C17H21N3O3S. The second-order valence-corrected chi connectivity index (χ2v) is 7.25. The zero-order chi connectivity index (χ0) is 17.3. The maximum atomic E-state index is 13.1. The van der Waals surface area contributed by atoms with E-state index in [4.69, 9.17) is 5.73 Å². The number of rotatable bonds is 5. The van der Waals surface area contributed by atoms with Crippen LogP contribution in [0.2, 0.25) is 0 Å². The fraction of sp³-hybridized carbons (Fsp3) is 0.471. The highest BCUT2D eigenvalue weighted by Gasteiger charge is 2.55. The fourth-order valence-corrected chi connectivity index (χ4v) is 4.05. The summed E-state index contributed by atoms with van der Waals surface area (Å²) in [4.78, 5) is 40.0. The molecule has 1 fully saturated rings. The highest BCUT2D eigenvalue weighted by Crippen LogP contribution is 2.47. The minimum atomic E-state index is -0.735. The van der Waals surface area contributed by atoms with Crippen LogP contribution in [0.3, 0.4) is 0 Å². The van der Waals surface area contributed by atoms with Crippen molar-refractivity contribution < 1.29 is 14.4 Å². The van der Waals surface area contributed by atoms with E-state index in [1.807, 2.05) is 30.5 Å². The van der Waals surface area contributed by atoms with Crippen molar-refractivity contribution in [2.45, 2.75) is 18.3 Å². The number of primary amides is 1. The summed E-state index contributed by atoms with van der Waals surface area (Å²) >= 11 is 1.63. The fourth-order valence-electron chi connectivity index (χ4n) is 3.67. The third-order valence-corrected chi connectivity index (χ3v) is 5.43. The monoisotopic (exact) mass is 347 g/mol. The standard InChI is InChI=1S/C17H21N3O3S/c1-24-9-6-15(22)19-8-7-17(11-19)12-4-2-3-5-13(12)20(16(17)23)10-14(18)21/h2-5H,6-11H2,1H3,(H2,18,21)/t17-/m1/s1. The van der Waals surface area contributed by atoms with Crippen molar-refractivity contribution >= 4 is 35.2 Å². The van der Waals surface area contributed by atoms with Crippen LogP contribution in [0.4, 0.5) is 5.69 Å². The summed E-state index contributed by atoms with van der Waals surface area (Å²) in [6, 6.07) is 7.49. The van der Waals surface area contributed by atoms with Crippen LogP contribution >= 0.6 is 11.8 Å². The SMILES string of the molecule is CSCCC(=O)N1CC[C@]2(C1)C(=O)N(CC(N)=O)c1ccccc12. The van der Waals surface area contributed by atoms with Crippen molar-refractivity contribution in [1.29, 1.82) is 0 Å². The molecule has 2 aliphatic heterocycles. The summed E-state index contributed by atoms with van der Waals surface area (Å²) in [6.07, 6.45) is 3.04. The van der Waals surface area contributed by atoms with Crippen molar-refractivity contribution in [2.75, 3.05) is 36.5 Å². The van der Waals surface area contributed by atoms with Gasteiger partial charge in [0.2, 0.25) is 17.7 Å².